The van der Waals surface area contributed by atoms with E-state index in [1.54, 1.807) is 30.3 Å². The van der Waals surface area contributed by atoms with E-state index in [2.05, 4.69) is 0 Å². The number of non-ortho nitro benzene ring substituents is 1. The summed E-state index contributed by atoms with van der Waals surface area (Å²) in [6.45, 7) is 0. The summed E-state index contributed by atoms with van der Waals surface area (Å²) in [6, 6.07) is 13.8. The summed E-state index contributed by atoms with van der Waals surface area (Å²) in [5.41, 5.74) is -1.40. The summed E-state index contributed by atoms with van der Waals surface area (Å²) in [5, 5.41) is 53.2. The average Bonchev–Trinajstić information content (AvgIpc) is 2.70. The van der Waals surface area contributed by atoms with Crippen LogP contribution in [0.25, 0.3) is 0 Å². The zero-order valence-corrected chi connectivity index (χ0v) is 14.5. The fourth-order valence-corrected chi connectivity index (χ4v) is 3.97. The minimum Gasteiger partial charge on any atom is -0.462 e. The zero-order valence-electron chi connectivity index (χ0n) is 14.5. The van der Waals surface area contributed by atoms with Crippen LogP contribution in [0.5, 0.6) is 5.75 Å². The number of nitro benzene ring substituents is 1. The number of benzene rings is 2. The first-order chi connectivity index (χ1) is 13.3. The lowest BCUT2D eigenvalue weighted by molar-refractivity contribution is -0.385. The maximum atomic E-state index is 11.0. The van der Waals surface area contributed by atoms with Crippen LogP contribution in [0.1, 0.15) is 11.5 Å². The number of nitrogens with zero attached hydrogens (tertiary/aromatic N) is 1. The predicted octanol–water partition coefficient (Wildman–Crippen LogP) is 0.310. The Morgan fingerprint density at radius 3 is 2.25 bits per heavy atom. The highest BCUT2D eigenvalue weighted by Crippen LogP contribution is 2.53. The normalized spacial score (nSPS) is 36.9. The minimum absolute atomic E-state index is 0.132. The Labute approximate surface area is 159 Å². The van der Waals surface area contributed by atoms with Crippen molar-refractivity contribution in [2.75, 3.05) is 0 Å². The van der Waals surface area contributed by atoms with E-state index in [0.717, 1.165) is 0 Å². The lowest BCUT2D eigenvalue weighted by atomic mass is 9.57. The Hall–Kier alpha value is -2.56. The Bertz CT molecular complexity index is 856. The molecule has 0 unspecified atom stereocenters. The molecule has 9 nitrogen and oxygen atoms in total. The fourth-order valence-electron chi connectivity index (χ4n) is 3.97. The molecule has 0 aromatic heterocycles. The highest BCUT2D eigenvalue weighted by molar-refractivity contribution is 5.37. The van der Waals surface area contributed by atoms with E-state index < -0.39 is 47.1 Å². The van der Waals surface area contributed by atoms with Crippen LogP contribution in [0.4, 0.5) is 5.69 Å². The molecule has 1 aliphatic heterocycles. The molecule has 1 aliphatic carbocycles. The van der Waals surface area contributed by atoms with Gasteiger partial charge in [0.25, 0.3) is 5.69 Å². The molecule has 4 rings (SSSR count). The van der Waals surface area contributed by atoms with Crippen LogP contribution < -0.4 is 4.74 Å². The van der Waals surface area contributed by atoms with Gasteiger partial charge in [-0.15, -0.1) is 0 Å². The van der Waals surface area contributed by atoms with Gasteiger partial charge in [-0.1, -0.05) is 30.3 Å². The molecule has 9 heteroatoms. The molecular formula is C19H19NO8. The van der Waals surface area contributed by atoms with E-state index in [1.165, 1.54) is 24.3 Å². The molecule has 0 radical (unpaired) electrons. The summed E-state index contributed by atoms with van der Waals surface area (Å²) < 4.78 is 11.0. The van der Waals surface area contributed by atoms with Crippen molar-refractivity contribution in [3.8, 4) is 5.75 Å². The van der Waals surface area contributed by atoms with Crippen LogP contribution in [0.15, 0.2) is 54.6 Å². The zero-order chi connectivity index (χ0) is 20.1. The molecule has 7 atom stereocenters. The number of aliphatic hydroxyl groups is 4. The Morgan fingerprint density at radius 1 is 1.00 bits per heavy atom. The molecule has 2 fully saturated rings. The van der Waals surface area contributed by atoms with Crippen LogP contribution in [-0.2, 0) is 4.74 Å². The monoisotopic (exact) mass is 389 g/mol. The van der Waals surface area contributed by atoms with Gasteiger partial charge in [-0.2, -0.15) is 0 Å². The first-order valence-corrected chi connectivity index (χ1v) is 8.72. The van der Waals surface area contributed by atoms with Gasteiger partial charge < -0.3 is 29.9 Å². The molecule has 4 N–H and O–H groups in total. The van der Waals surface area contributed by atoms with Gasteiger partial charge in [0.1, 0.15) is 29.7 Å². The number of nitro groups is 1. The van der Waals surface area contributed by atoms with Crippen molar-refractivity contribution in [2.45, 2.75) is 42.2 Å². The Morgan fingerprint density at radius 2 is 1.64 bits per heavy atom. The third-order valence-corrected chi connectivity index (χ3v) is 5.42. The smallest absolute Gasteiger partial charge is 0.269 e. The molecule has 2 aromatic rings. The molecule has 1 heterocycles. The van der Waals surface area contributed by atoms with E-state index in [9.17, 15) is 30.5 Å². The van der Waals surface area contributed by atoms with Crippen molar-refractivity contribution >= 4 is 5.69 Å². The summed E-state index contributed by atoms with van der Waals surface area (Å²) >= 11 is 0. The molecule has 2 aromatic carbocycles. The van der Waals surface area contributed by atoms with Crippen molar-refractivity contribution in [2.24, 2.45) is 0 Å². The Balaban J connectivity index is 1.54. The molecular weight excluding hydrogens is 370 g/mol. The summed E-state index contributed by atoms with van der Waals surface area (Å²) in [5.74, 6) is -0.663. The lowest BCUT2D eigenvalue weighted by Gasteiger charge is -2.61. The maximum absolute atomic E-state index is 11.0. The molecule has 0 spiro atoms. The van der Waals surface area contributed by atoms with Gasteiger partial charge in [0, 0.05) is 18.1 Å². The third kappa shape index (κ3) is 2.76. The van der Waals surface area contributed by atoms with Gasteiger partial charge in [-0.3, -0.25) is 10.1 Å². The largest absolute Gasteiger partial charge is 0.462 e. The van der Waals surface area contributed by atoms with Crippen molar-refractivity contribution < 1.29 is 34.8 Å². The number of hydrogen-bond donors (Lipinski definition) is 4. The fraction of sp³-hybridized carbons (Fsp3) is 0.368. The molecule has 28 heavy (non-hydrogen) atoms. The van der Waals surface area contributed by atoms with E-state index in [1.807, 2.05) is 0 Å². The summed E-state index contributed by atoms with van der Waals surface area (Å²) in [4.78, 5) is 10.2. The van der Waals surface area contributed by atoms with E-state index >= 15 is 0 Å². The number of hydrogen-bond acceptors (Lipinski definition) is 8. The SMILES string of the molecule is O=[N+]([O-])c1ccc(O[C@@H]2O[C@@H]3[C@@H](O)[C@H](c4ccccc4)[C@]3(O)[C@H](O)[C@H]2O)cc1. The average molecular weight is 389 g/mol. The van der Waals surface area contributed by atoms with Crippen LogP contribution in [0, 0.1) is 10.1 Å². The van der Waals surface area contributed by atoms with Gasteiger partial charge in [0.15, 0.2) is 0 Å². The molecule has 1 saturated carbocycles. The quantitative estimate of drug-likeness (QED) is 0.432. The first kappa shape index (κ1) is 18.8. The second-order valence-corrected chi connectivity index (χ2v) is 7.00. The van der Waals surface area contributed by atoms with Gasteiger partial charge in [0.05, 0.1) is 11.0 Å². The molecule has 0 bridgehead atoms. The molecule has 1 saturated heterocycles. The lowest BCUT2D eigenvalue weighted by Crippen LogP contribution is -2.80. The highest BCUT2D eigenvalue weighted by Gasteiger charge is 2.71. The van der Waals surface area contributed by atoms with Crippen molar-refractivity contribution in [3.63, 3.8) is 0 Å². The second-order valence-electron chi connectivity index (χ2n) is 7.00. The molecule has 2 aliphatic rings. The van der Waals surface area contributed by atoms with E-state index in [-0.39, 0.29) is 11.4 Å². The van der Waals surface area contributed by atoms with Crippen molar-refractivity contribution in [1.82, 2.24) is 0 Å². The van der Waals surface area contributed by atoms with Crippen LogP contribution in [-0.4, -0.2) is 61.7 Å². The molecule has 148 valence electrons. The van der Waals surface area contributed by atoms with Gasteiger partial charge in [0.2, 0.25) is 6.29 Å². The summed E-state index contributed by atoms with van der Waals surface area (Å²) in [6.07, 6.45) is -6.89. The number of ether oxygens (including phenoxy) is 2. The van der Waals surface area contributed by atoms with Gasteiger partial charge in [-0.05, 0) is 17.7 Å². The second kappa shape index (κ2) is 6.80. The molecule has 0 amide bonds. The van der Waals surface area contributed by atoms with Crippen LogP contribution in [0.2, 0.25) is 0 Å². The van der Waals surface area contributed by atoms with E-state index in [0.29, 0.717) is 5.56 Å². The first-order valence-electron chi connectivity index (χ1n) is 8.72. The minimum atomic E-state index is -1.88. The van der Waals surface area contributed by atoms with Gasteiger partial charge >= 0.3 is 0 Å². The predicted molar refractivity (Wildman–Crippen MR) is 94.5 cm³/mol. The van der Waals surface area contributed by atoms with Crippen molar-refractivity contribution in [3.05, 3.63) is 70.3 Å². The van der Waals surface area contributed by atoms with Crippen LogP contribution >= 0.6 is 0 Å². The number of fused-ring (bicyclic) bond motifs is 1. The number of aliphatic hydroxyl groups excluding tert-OH is 3. The van der Waals surface area contributed by atoms with Gasteiger partial charge in [-0.25, -0.2) is 0 Å². The standard InChI is InChI=1S/C19H19NO8/c21-14-13(10-4-2-1-3-5-10)19(24)16(23)15(22)18(28-17(14)19)27-12-8-6-11(7-9-12)20(25)26/h1-9,13-18,21-24H/t13-,14-,15+,16+,17+,18+,19-/m0/s1. The maximum Gasteiger partial charge on any atom is 0.269 e. The highest BCUT2D eigenvalue weighted by atomic mass is 16.7. The van der Waals surface area contributed by atoms with Crippen LogP contribution in [0.3, 0.4) is 0 Å². The van der Waals surface area contributed by atoms with E-state index in [4.69, 9.17) is 9.47 Å². The third-order valence-electron chi connectivity index (χ3n) is 5.42. The Kier molecular flexibility index (Phi) is 4.56. The summed E-state index contributed by atoms with van der Waals surface area (Å²) in [7, 11) is 0. The number of rotatable bonds is 4. The topological polar surface area (TPSA) is 143 Å². The van der Waals surface area contributed by atoms with Crippen molar-refractivity contribution in [1.29, 1.82) is 0 Å².